The van der Waals surface area contributed by atoms with E-state index >= 15 is 0 Å². The van der Waals surface area contributed by atoms with Crippen molar-refractivity contribution >= 4 is 5.78 Å². The summed E-state index contributed by atoms with van der Waals surface area (Å²) < 4.78 is 5.26. The zero-order valence-electron chi connectivity index (χ0n) is 8.11. The van der Waals surface area contributed by atoms with E-state index < -0.39 is 0 Å². The van der Waals surface area contributed by atoms with E-state index in [1.807, 2.05) is 6.08 Å². The van der Waals surface area contributed by atoms with Crippen LogP contribution >= 0.6 is 0 Å². The summed E-state index contributed by atoms with van der Waals surface area (Å²) in [6.07, 6.45) is 4.41. The van der Waals surface area contributed by atoms with Crippen LogP contribution in [-0.2, 0) is 9.53 Å². The van der Waals surface area contributed by atoms with E-state index in [0.717, 1.165) is 18.4 Å². The lowest BCUT2D eigenvalue weighted by Crippen LogP contribution is -2.46. The number of ketones is 1. The summed E-state index contributed by atoms with van der Waals surface area (Å²) in [4.78, 5) is 11.6. The van der Waals surface area contributed by atoms with E-state index in [0.29, 0.717) is 26.2 Å². The van der Waals surface area contributed by atoms with Crippen molar-refractivity contribution < 1.29 is 14.7 Å². The number of hydrogen-bond donors (Lipinski definition) is 1. The molecule has 0 amide bonds. The van der Waals surface area contributed by atoms with Crippen molar-refractivity contribution in [3.8, 4) is 0 Å². The normalized spacial score (nSPS) is 30.2. The predicted molar refractivity (Wildman–Crippen MR) is 50.0 cm³/mol. The van der Waals surface area contributed by atoms with Crippen molar-refractivity contribution in [1.82, 2.24) is 5.06 Å². The molecule has 0 saturated carbocycles. The maximum Gasteiger partial charge on any atom is 0.160 e. The first-order valence-corrected chi connectivity index (χ1v) is 5.05. The average Bonchev–Trinajstić information content (AvgIpc) is 2.20. The van der Waals surface area contributed by atoms with Gasteiger partial charge in [0.2, 0.25) is 0 Å². The van der Waals surface area contributed by atoms with Gasteiger partial charge < -0.3 is 9.94 Å². The first-order valence-electron chi connectivity index (χ1n) is 5.05. The van der Waals surface area contributed by atoms with Gasteiger partial charge in [0.25, 0.3) is 0 Å². The highest BCUT2D eigenvalue weighted by atomic mass is 16.5. The molecular formula is C10H15NO3. The summed E-state index contributed by atoms with van der Waals surface area (Å²) in [5.41, 5.74) is 0.735. The minimum atomic E-state index is -0.239. The zero-order valence-corrected chi connectivity index (χ0v) is 8.11. The van der Waals surface area contributed by atoms with Gasteiger partial charge in [-0.25, -0.2) is 0 Å². The first kappa shape index (κ1) is 9.83. The second-order valence-corrected chi connectivity index (χ2v) is 3.73. The van der Waals surface area contributed by atoms with Gasteiger partial charge in [0.15, 0.2) is 5.78 Å². The molecule has 2 rings (SSSR count). The molecule has 0 aromatic carbocycles. The van der Waals surface area contributed by atoms with Crippen molar-refractivity contribution in [3.05, 3.63) is 11.6 Å². The Kier molecular flexibility index (Phi) is 2.96. The van der Waals surface area contributed by atoms with Gasteiger partial charge in [-0.05, 0) is 12.8 Å². The molecule has 1 heterocycles. The van der Waals surface area contributed by atoms with Crippen molar-refractivity contribution in [1.29, 1.82) is 0 Å². The maximum atomic E-state index is 11.6. The van der Waals surface area contributed by atoms with Crippen molar-refractivity contribution in [2.75, 3.05) is 19.8 Å². The molecule has 1 saturated heterocycles. The molecule has 1 aliphatic carbocycles. The summed E-state index contributed by atoms with van der Waals surface area (Å²) in [6, 6.07) is -0.239. The number of Topliss-reactive ketones (excluding diaryl/α,β-unsaturated/α-hetero) is 1. The monoisotopic (exact) mass is 197 g/mol. The molecule has 1 N–H and O–H groups in total. The number of nitrogens with zero attached hydrogens (tertiary/aromatic N) is 1. The summed E-state index contributed by atoms with van der Waals surface area (Å²) in [5.74, 6) is 0.158. The van der Waals surface area contributed by atoms with Crippen LogP contribution in [0, 0.1) is 0 Å². The lowest BCUT2D eigenvalue weighted by molar-refractivity contribution is -0.172. The Labute approximate surface area is 83.1 Å². The fourth-order valence-electron chi connectivity index (χ4n) is 1.95. The van der Waals surface area contributed by atoms with Gasteiger partial charge in [0, 0.05) is 18.5 Å². The minimum absolute atomic E-state index is 0.158. The minimum Gasteiger partial charge on any atom is -0.378 e. The molecule has 78 valence electrons. The predicted octanol–water partition coefficient (Wildman–Crippen LogP) is 0.756. The first-order chi connectivity index (χ1) is 6.79. The van der Waals surface area contributed by atoms with Gasteiger partial charge in [0.1, 0.15) is 0 Å². The lowest BCUT2D eigenvalue weighted by atomic mass is 9.92. The number of carbonyl (C=O) groups excluding carboxylic acids is 1. The number of hydroxylamine groups is 2. The van der Waals surface area contributed by atoms with E-state index in [9.17, 15) is 10.0 Å². The van der Waals surface area contributed by atoms with Crippen LogP contribution < -0.4 is 0 Å². The molecule has 0 aromatic rings. The van der Waals surface area contributed by atoms with Gasteiger partial charge in [-0.2, -0.15) is 5.06 Å². The number of carbonyl (C=O) groups is 1. The second kappa shape index (κ2) is 4.21. The number of hydrogen-bond acceptors (Lipinski definition) is 4. The van der Waals surface area contributed by atoms with Crippen LogP contribution in [-0.4, -0.2) is 41.9 Å². The van der Waals surface area contributed by atoms with E-state index in [2.05, 4.69) is 0 Å². The number of morpholine rings is 1. The van der Waals surface area contributed by atoms with E-state index in [4.69, 9.17) is 4.74 Å². The average molecular weight is 197 g/mol. The molecule has 4 nitrogen and oxygen atoms in total. The fourth-order valence-corrected chi connectivity index (χ4v) is 1.95. The number of rotatable bonds is 1. The fraction of sp³-hybridized carbons (Fsp3) is 0.700. The third-order valence-electron chi connectivity index (χ3n) is 2.75. The highest BCUT2D eigenvalue weighted by Crippen LogP contribution is 2.21. The van der Waals surface area contributed by atoms with Gasteiger partial charge in [-0.3, -0.25) is 4.79 Å². The molecule has 1 fully saturated rings. The Morgan fingerprint density at radius 3 is 3.14 bits per heavy atom. The molecule has 0 radical (unpaired) electrons. The van der Waals surface area contributed by atoms with Crippen LogP contribution in [0.1, 0.15) is 19.3 Å². The molecule has 0 spiro atoms. The molecule has 0 aromatic heterocycles. The van der Waals surface area contributed by atoms with Gasteiger partial charge in [-0.1, -0.05) is 6.08 Å². The van der Waals surface area contributed by atoms with Gasteiger partial charge in [-0.15, -0.1) is 0 Å². The summed E-state index contributed by atoms with van der Waals surface area (Å²) in [6.45, 7) is 1.44. The standard InChI is InChI=1S/C10H15NO3/c12-10-4-2-1-3-8(10)9-7-14-6-5-11(9)13/h3,9,13H,1-2,4-7H2. The van der Waals surface area contributed by atoms with Gasteiger partial charge in [0.05, 0.1) is 19.3 Å². The van der Waals surface area contributed by atoms with Crippen molar-refractivity contribution in [2.45, 2.75) is 25.3 Å². The number of ether oxygens (including phenoxy) is 1. The van der Waals surface area contributed by atoms with E-state index in [1.54, 1.807) is 0 Å². The Bertz CT molecular complexity index is 262. The molecule has 1 unspecified atom stereocenters. The Morgan fingerprint density at radius 2 is 2.43 bits per heavy atom. The third-order valence-corrected chi connectivity index (χ3v) is 2.75. The number of allylic oxidation sites excluding steroid dienone is 1. The molecule has 4 heteroatoms. The van der Waals surface area contributed by atoms with E-state index in [1.165, 1.54) is 5.06 Å². The molecule has 0 bridgehead atoms. The largest absolute Gasteiger partial charge is 0.378 e. The highest BCUT2D eigenvalue weighted by Gasteiger charge is 2.29. The Morgan fingerprint density at radius 1 is 1.57 bits per heavy atom. The molecule has 1 atom stereocenters. The summed E-state index contributed by atoms with van der Waals surface area (Å²) in [7, 11) is 0. The van der Waals surface area contributed by atoms with Crippen molar-refractivity contribution in [2.24, 2.45) is 0 Å². The topological polar surface area (TPSA) is 49.8 Å². The Hall–Kier alpha value is -0.710. The Balaban J connectivity index is 2.11. The zero-order chi connectivity index (χ0) is 9.97. The lowest BCUT2D eigenvalue weighted by Gasteiger charge is -2.32. The SMILES string of the molecule is O=C1CCCC=C1C1COCCN1O. The van der Waals surface area contributed by atoms with Crippen LogP contribution in [0.4, 0.5) is 0 Å². The van der Waals surface area contributed by atoms with Gasteiger partial charge >= 0.3 is 0 Å². The van der Waals surface area contributed by atoms with Crippen LogP contribution in [0.3, 0.4) is 0 Å². The van der Waals surface area contributed by atoms with Crippen molar-refractivity contribution in [3.63, 3.8) is 0 Å². The quantitative estimate of drug-likeness (QED) is 0.674. The second-order valence-electron chi connectivity index (χ2n) is 3.73. The molecular weight excluding hydrogens is 182 g/mol. The maximum absolute atomic E-state index is 11.6. The third kappa shape index (κ3) is 1.87. The van der Waals surface area contributed by atoms with Crippen LogP contribution in [0.5, 0.6) is 0 Å². The molecule has 14 heavy (non-hydrogen) atoms. The summed E-state index contributed by atoms with van der Waals surface area (Å²) in [5, 5.41) is 10.8. The highest BCUT2D eigenvalue weighted by molar-refractivity contribution is 5.97. The molecule has 1 aliphatic heterocycles. The smallest absolute Gasteiger partial charge is 0.160 e. The van der Waals surface area contributed by atoms with Crippen LogP contribution in [0.2, 0.25) is 0 Å². The molecule has 2 aliphatic rings. The summed E-state index contributed by atoms with van der Waals surface area (Å²) >= 11 is 0. The van der Waals surface area contributed by atoms with Crippen LogP contribution in [0.15, 0.2) is 11.6 Å². The van der Waals surface area contributed by atoms with Crippen LogP contribution in [0.25, 0.3) is 0 Å². The van der Waals surface area contributed by atoms with E-state index in [-0.39, 0.29) is 11.8 Å².